The van der Waals surface area contributed by atoms with Gasteiger partial charge in [-0.15, -0.1) is 11.3 Å². The van der Waals surface area contributed by atoms with Crippen molar-refractivity contribution < 1.29 is 19.0 Å². The molecule has 0 spiro atoms. The molecule has 1 N–H and O–H groups in total. The average molecular weight is 373 g/mol. The first-order chi connectivity index (χ1) is 12.5. The van der Waals surface area contributed by atoms with Crippen LogP contribution < -0.4 is 25.1 Å². The number of benzene rings is 1. The molecule has 134 valence electrons. The highest BCUT2D eigenvalue weighted by Gasteiger charge is 2.21. The highest BCUT2D eigenvalue weighted by atomic mass is 32.1. The van der Waals surface area contributed by atoms with Crippen molar-refractivity contribution in [3.05, 3.63) is 45.8 Å². The minimum Gasteiger partial charge on any atom is -0.481 e. The molecule has 0 aliphatic carbocycles. The second-order valence-corrected chi connectivity index (χ2v) is 6.57. The molecule has 0 radical (unpaired) electrons. The number of nitrogens with zero attached hydrogens (tertiary/aromatic N) is 2. The summed E-state index contributed by atoms with van der Waals surface area (Å²) in [5.74, 6) is 1.22. The Balaban J connectivity index is 1.52. The zero-order valence-corrected chi connectivity index (χ0v) is 14.8. The lowest BCUT2D eigenvalue weighted by atomic mass is 10.3. The highest BCUT2D eigenvalue weighted by molar-refractivity contribution is 7.15. The minimum absolute atomic E-state index is 0.145. The predicted molar refractivity (Wildman–Crippen MR) is 95.4 cm³/mol. The van der Waals surface area contributed by atoms with Crippen LogP contribution in [0.5, 0.6) is 17.2 Å². The van der Waals surface area contributed by atoms with Crippen LogP contribution in [0, 0.1) is 6.92 Å². The van der Waals surface area contributed by atoms with Gasteiger partial charge in [-0.2, -0.15) is 0 Å². The molecule has 0 saturated carbocycles. The Labute approximate surface area is 152 Å². The normalized spacial score (nSPS) is 13.6. The van der Waals surface area contributed by atoms with E-state index in [0.29, 0.717) is 27.9 Å². The Kier molecular flexibility index (Phi) is 4.00. The molecule has 3 heterocycles. The number of ether oxygens (including phenoxy) is 3. The van der Waals surface area contributed by atoms with Gasteiger partial charge in [-0.05, 0) is 26.0 Å². The maximum absolute atomic E-state index is 12.5. The van der Waals surface area contributed by atoms with E-state index in [1.165, 1.54) is 15.7 Å². The molecule has 0 fully saturated rings. The molecule has 0 unspecified atom stereocenters. The number of carbonyl (C=O) groups excluding carboxylic acids is 1. The number of aromatic nitrogens is 2. The number of hydrogen-bond acceptors (Lipinski definition) is 7. The maximum atomic E-state index is 12.5. The van der Waals surface area contributed by atoms with Gasteiger partial charge in [0.25, 0.3) is 11.5 Å². The van der Waals surface area contributed by atoms with Crippen molar-refractivity contribution in [1.82, 2.24) is 9.38 Å². The molecule has 0 bridgehead atoms. The summed E-state index contributed by atoms with van der Waals surface area (Å²) in [6, 6.07) is 5.06. The van der Waals surface area contributed by atoms with Gasteiger partial charge in [-0.25, -0.2) is 4.98 Å². The van der Waals surface area contributed by atoms with Gasteiger partial charge in [0.05, 0.1) is 5.69 Å². The van der Waals surface area contributed by atoms with E-state index in [1.54, 1.807) is 43.6 Å². The van der Waals surface area contributed by atoms with Gasteiger partial charge in [0.2, 0.25) is 6.79 Å². The quantitative estimate of drug-likeness (QED) is 0.754. The van der Waals surface area contributed by atoms with Crippen molar-refractivity contribution in [1.29, 1.82) is 0 Å². The van der Waals surface area contributed by atoms with Crippen LogP contribution in [0.2, 0.25) is 0 Å². The first-order valence-corrected chi connectivity index (χ1v) is 8.74. The first kappa shape index (κ1) is 16.4. The zero-order valence-electron chi connectivity index (χ0n) is 14.0. The molecular weight excluding hydrogens is 358 g/mol. The van der Waals surface area contributed by atoms with Crippen LogP contribution in [0.25, 0.3) is 4.96 Å². The van der Waals surface area contributed by atoms with E-state index in [2.05, 4.69) is 10.3 Å². The number of fused-ring (bicyclic) bond motifs is 2. The van der Waals surface area contributed by atoms with Crippen molar-refractivity contribution >= 4 is 27.9 Å². The molecule has 9 heteroatoms. The fraction of sp³-hybridized carbons (Fsp3) is 0.235. The molecule has 0 saturated heterocycles. The second-order valence-electron chi connectivity index (χ2n) is 5.70. The summed E-state index contributed by atoms with van der Waals surface area (Å²) in [5, 5.41) is 4.39. The van der Waals surface area contributed by atoms with Gasteiger partial charge in [0.15, 0.2) is 22.6 Å². The van der Waals surface area contributed by atoms with Crippen LogP contribution in [-0.4, -0.2) is 28.2 Å². The summed E-state index contributed by atoms with van der Waals surface area (Å²) in [6.45, 7) is 3.44. The highest BCUT2D eigenvalue weighted by Crippen LogP contribution is 2.35. The van der Waals surface area contributed by atoms with E-state index in [9.17, 15) is 9.59 Å². The van der Waals surface area contributed by atoms with Gasteiger partial charge >= 0.3 is 0 Å². The molecule has 1 aromatic carbocycles. The van der Waals surface area contributed by atoms with E-state index in [-0.39, 0.29) is 18.0 Å². The Hall–Kier alpha value is -3.07. The molecular formula is C17H15N3O5S. The van der Waals surface area contributed by atoms with E-state index in [4.69, 9.17) is 14.2 Å². The standard InChI is InChI=1S/C17H15N3O5S/c1-9-14(16(22)20-5-6-26-17(20)18-9)19-15(21)10(2)25-11-3-4-12-13(7-11)24-8-23-12/h3-7,10H,8H2,1-2H3,(H,19,21)/t10-/m1/s1. The number of thiazole rings is 1. The largest absolute Gasteiger partial charge is 0.481 e. The third-order valence-electron chi connectivity index (χ3n) is 3.92. The van der Waals surface area contributed by atoms with Gasteiger partial charge in [0.1, 0.15) is 11.4 Å². The SMILES string of the molecule is Cc1nc2sccn2c(=O)c1NC(=O)[C@@H](C)Oc1ccc2c(c1)OCO2. The Morgan fingerprint density at radius 3 is 3.04 bits per heavy atom. The fourth-order valence-electron chi connectivity index (χ4n) is 2.56. The molecule has 1 aliphatic rings. The van der Waals surface area contributed by atoms with E-state index < -0.39 is 12.0 Å². The van der Waals surface area contributed by atoms with Gasteiger partial charge in [-0.3, -0.25) is 14.0 Å². The van der Waals surface area contributed by atoms with Crippen LogP contribution in [0.4, 0.5) is 5.69 Å². The van der Waals surface area contributed by atoms with Crippen LogP contribution in [0.1, 0.15) is 12.6 Å². The van der Waals surface area contributed by atoms with Gasteiger partial charge in [0, 0.05) is 17.6 Å². The monoisotopic (exact) mass is 373 g/mol. The van der Waals surface area contributed by atoms with Crippen LogP contribution >= 0.6 is 11.3 Å². The molecule has 8 nitrogen and oxygen atoms in total. The third kappa shape index (κ3) is 2.86. The minimum atomic E-state index is -0.822. The van der Waals surface area contributed by atoms with Crippen molar-refractivity contribution in [2.75, 3.05) is 12.1 Å². The molecule has 1 atom stereocenters. The molecule has 3 aromatic rings. The molecule has 1 amide bonds. The molecule has 2 aromatic heterocycles. The predicted octanol–water partition coefficient (Wildman–Crippen LogP) is 2.20. The molecule has 1 aliphatic heterocycles. The fourth-order valence-corrected chi connectivity index (χ4v) is 3.31. The van der Waals surface area contributed by atoms with Gasteiger partial charge in [-0.1, -0.05) is 0 Å². The topological polar surface area (TPSA) is 91.2 Å². The Bertz CT molecular complexity index is 1060. The first-order valence-electron chi connectivity index (χ1n) is 7.86. The molecule has 26 heavy (non-hydrogen) atoms. The number of hydrogen-bond donors (Lipinski definition) is 1. The van der Waals surface area contributed by atoms with Crippen molar-refractivity contribution in [3.63, 3.8) is 0 Å². The van der Waals surface area contributed by atoms with Crippen molar-refractivity contribution in [3.8, 4) is 17.2 Å². The zero-order chi connectivity index (χ0) is 18.3. The third-order valence-corrected chi connectivity index (χ3v) is 4.68. The number of anilines is 1. The summed E-state index contributed by atoms with van der Waals surface area (Å²) in [6.07, 6.45) is 0.800. The van der Waals surface area contributed by atoms with Crippen molar-refractivity contribution in [2.24, 2.45) is 0 Å². The number of carbonyl (C=O) groups is 1. The second kappa shape index (κ2) is 6.34. The number of rotatable bonds is 4. The van der Waals surface area contributed by atoms with Gasteiger partial charge < -0.3 is 19.5 Å². The number of amides is 1. The molecule has 4 rings (SSSR count). The summed E-state index contributed by atoms with van der Waals surface area (Å²) >= 11 is 1.35. The van der Waals surface area contributed by atoms with Crippen LogP contribution in [0.15, 0.2) is 34.6 Å². The van der Waals surface area contributed by atoms with E-state index in [1.807, 2.05) is 0 Å². The lowest BCUT2D eigenvalue weighted by Gasteiger charge is -2.15. The summed E-state index contributed by atoms with van der Waals surface area (Å²) in [4.78, 5) is 29.9. The number of aryl methyl sites for hydroxylation is 1. The summed E-state index contributed by atoms with van der Waals surface area (Å²) in [5.41, 5.74) is 0.283. The van der Waals surface area contributed by atoms with Crippen molar-refractivity contribution in [2.45, 2.75) is 20.0 Å². The lowest BCUT2D eigenvalue weighted by molar-refractivity contribution is -0.122. The Morgan fingerprint density at radius 1 is 1.38 bits per heavy atom. The number of nitrogens with one attached hydrogen (secondary N) is 1. The summed E-state index contributed by atoms with van der Waals surface area (Å²) in [7, 11) is 0. The smallest absolute Gasteiger partial charge is 0.282 e. The van der Waals surface area contributed by atoms with E-state index >= 15 is 0 Å². The summed E-state index contributed by atoms with van der Waals surface area (Å²) < 4.78 is 17.6. The van der Waals surface area contributed by atoms with Crippen LogP contribution in [-0.2, 0) is 4.79 Å². The van der Waals surface area contributed by atoms with E-state index in [0.717, 1.165) is 0 Å². The maximum Gasteiger partial charge on any atom is 0.282 e. The lowest BCUT2D eigenvalue weighted by Crippen LogP contribution is -2.33. The average Bonchev–Trinajstić information content (AvgIpc) is 3.26. The Morgan fingerprint density at radius 2 is 2.19 bits per heavy atom. The van der Waals surface area contributed by atoms with Crippen LogP contribution in [0.3, 0.4) is 0 Å².